The molecular formula is C50H44Cl6N6S. The molecule has 6 nitrogen and oxygen atoms in total. The van der Waals surface area contributed by atoms with E-state index in [1.165, 1.54) is 43.7 Å². The molecule has 7 aromatic heterocycles. The molecule has 11 aromatic rings. The number of rotatable bonds is 0. The molecule has 7 heterocycles. The monoisotopic (exact) mass is 970 g/mol. The average Bonchev–Trinajstić information content (AvgIpc) is 4.05. The van der Waals surface area contributed by atoms with Crippen LogP contribution in [0.15, 0.2) is 134 Å². The van der Waals surface area contributed by atoms with Gasteiger partial charge in [0.05, 0.1) is 14.4 Å². The van der Waals surface area contributed by atoms with Gasteiger partial charge in [-0.3, -0.25) is 0 Å². The molecule has 4 aromatic carbocycles. The normalized spacial score (nSPS) is 10.5. The number of hydrogen-bond acceptors (Lipinski definition) is 3. The Hall–Kier alpha value is -4.96. The van der Waals surface area contributed by atoms with Gasteiger partial charge in [0.1, 0.15) is 15.6 Å². The van der Waals surface area contributed by atoms with Crippen LogP contribution in [0.5, 0.6) is 0 Å². The van der Waals surface area contributed by atoms with Gasteiger partial charge in [0.2, 0.25) is 0 Å². The van der Waals surface area contributed by atoms with Crippen molar-refractivity contribution in [3.8, 4) is 0 Å². The minimum atomic E-state index is 0.548. The molecule has 0 bridgehead atoms. The molecular weight excluding hydrogens is 929 g/mol. The van der Waals surface area contributed by atoms with E-state index < -0.39 is 0 Å². The molecule has 13 heteroatoms. The van der Waals surface area contributed by atoms with E-state index in [2.05, 4.69) is 86.2 Å². The van der Waals surface area contributed by atoms with E-state index in [9.17, 15) is 0 Å². The van der Waals surface area contributed by atoms with Crippen molar-refractivity contribution < 1.29 is 0 Å². The predicted octanol–water partition coefficient (Wildman–Crippen LogP) is 17.8. The highest BCUT2D eigenvalue weighted by atomic mass is 35.5. The molecule has 11 rings (SSSR count). The second-order valence-corrected chi connectivity index (χ2v) is 18.6. The van der Waals surface area contributed by atoms with Crippen molar-refractivity contribution in [2.45, 2.75) is 41.5 Å². The maximum absolute atomic E-state index is 5.89. The number of pyridine rings is 2. The number of H-pyrrole nitrogens is 4. The fourth-order valence-electron chi connectivity index (χ4n) is 6.37. The highest BCUT2D eigenvalue weighted by Gasteiger charge is 2.02. The Kier molecular flexibility index (Phi) is 16.7. The van der Waals surface area contributed by atoms with Crippen LogP contribution in [0.1, 0.15) is 33.8 Å². The summed E-state index contributed by atoms with van der Waals surface area (Å²) in [5.74, 6) is 0. The fraction of sp³-hybridized carbons (Fsp3) is 0.120. The number of nitrogens with zero attached hydrogens (tertiary/aromatic N) is 2. The number of nitrogens with one attached hydrogen (secondary N) is 4. The van der Waals surface area contributed by atoms with Gasteiger partial charge < -0.3 is 19.9 Å². The lowest BCUT2D eigenvalue weighted by molar-refractivity contribution is 1.25. The lowest BCUT2D eigenvalue weighted by Crippen LogP contribution is -1.78. The third-order valence-corrected chi connectivity index (χ3v) is 11.8. The summed E-state index contributed by atoms with van der Waals surface area (Å²) in [7, 11) is 0. The van der Waals surface area contributed by atoms with Crippen LogP contribution in [0.25, 0.3) is 53.8 Å². The van der Waals surface area contributed by atoms with E-state index in [0.29, 0.717) is 10.2 Å². The van der Waals surface area contributed by atoms with Crippen molar-refractivity contribution in [3.05, 3.63) is 197 Å². The molecule has 0 radical (unpaired) electrons. The van der Waals surface area contributed by atoms with Crippen molar-refractivity contribution in [2.24, 2.45) is 0 Å². The summed E-state index contributed by atoms with van der Waals surface area (Å²) in [6.45, 7) is 12.2. The van der Waals surface area contributed by atoms with Gasteiger partial charge in [-0.15, -0.1) is 11.3 Å². The Bertz CT molecular complexity index is 3020. The second kappa shape index (κ2) is 22.1. The summed E-state index contributed by atoms with van der Waals surface area (Å²) >= 11 is 36.2. The minimum absolute atomic E-state index is 0.548. The van der Waals surface area contributed by atoms with Gasteiger partial charge in [-0.25, -0.2) is 9.97 Å². The van der Waals surface area contributed by atoms with Gasteiger partial charge in [0.15, 0.2) is 0 Å². The van der Waals surface area contributed by atoms with E-state index in [0.717, 1.165) is 63.3 Å². The third kappa shape index (κ3) is 14.0. The topological polar surface area (TPSA) is 88.9 Å². The summed E-state index contributed by atoms with van der Waals surface area (Å²) < 4.78 is 0.848. The van der Waals surface area contributed by atoms with Gasteiger partial charge in [-0.1, -0.05) is 117 Å². The standard InChI is InChI=1S/C10H8ClN.2C9H8ClN.C8H7ClN2.C7H6ClNS.C7H7Cl/c1-7-2-3-8-5-10(11)12-6-9(8)4-7;1-6-4-7-5-8(10)2-3-9(7)11-6;1-6-2-3-7-8(10)5-11-9(7)4-6;1-5-2-6-3-7(9)4-10-8(6)11-5;1-4-2-5-3-6(8)10-7(5)9-4;1-6-2-4-7(8)5-3-6/h2-6H,1H3;2*2-5,11H,1H3;2-4H,1H3,(H,10,11);2-3,9H,1H3;2-5H,1H3. The first-order valence-corrected chi connectivity index (χ1v) is 22.7. The molecule has 0 aliphatic carbocycles. The van der Waals surface area contributed by atoms with E-state index in [1.54, 1.807) is 23.7 Å². The van der Waals surface area contributed by atoms with Crippen LogP contribution < -0.4 is 0 Å². The molecule has 63 heavy (non-hydrogen) atoms. The van der Waals surface area contributed by atoms with E-state index >= 15 is 0 Å². The van der Waals surface area contributed by atoms with Gasteiger partial charge in [-0.05, 0) is 131 Å². The Morgan fingerprint density at radius 2 is 1.08 bits per heavy atom. The van der Waals surface area contributed by atoms with Crippen LogP contribution in [0.4, 0.5) is 0 Å². The van der Waals surface area contributed by atoms with Gasteiger partial charge in [0.25, 0.3) is 0 Å². The van der Waals surface area contributed by atoms with Crippen molar-refractivity contribution in [2.75, 3.05) is 0 Å². The van der Waals surface area contributed by atoms with E-state index in [4.69, 9.17) is 69.6 Å². The van der Waals surface area contributed by atoms with Crippen molar-refractivity contribution >= 4 is 135 Å². The molecule has 0 fully saturated rings. The molecule has 0 spiro atoms. The molecule has 0 aliphatic heterocycles. The van der Waals surface area contributed by atoms with Gasteiger partial charge >= 0.3 is 0 Å². The number of aryl methyl sites for hydroxylation is 6. The zero-order valence-electron chi connectivity index (χ0n) is 35.3. The molecule has 0 saturated carbocycles. The van der Waals surface area contributed by atoms with Crippen molar-refractivity contribution in [1.29, 1.82) is 0 Å². The lowest BCUT2D eigenvalue weighted by Gasteiger charge is -1.98. The van der Waals surface area contributed by atoms with Crippen LogP contribution in [0.2, 0.25) is 29.6 Å². The van der Waals surface area contributed by atoms with Crippen LogP contribution in [0.3, 0.4) is 0 Å². The Morgan fingerprint density at radius 3 is 1.83 bits per heavy atom. The zero-order chi connectivity index (χ0) is 45.2. The van der Waals surface area contributed by atoms with E-state index in [-0.39, 0.29) is 0 Å². The Labute approximate surface area is 400 Å². The SMILES string of the molecule is Cc1cc2cc(Cl)ccc2[nH]1.Cc1cc2cc(Cl)cnc2[nH]1.Cc1cc2cc(Cl)sc2[nH]1.Cc1ccc(Cl)cc1.Cc1ccc2c(Cl)c[nH]c2c1.Cc1ccc2cc(Cl)ncc2c1. The highest BCUT2D eigenvalue weighted by Crippen LogP contribution is 2.29. The molecule has 0 atom stereocenters. The quantitative estimate of drug-likeness (QED) is 0.114. The molecule has 4 N–H and O–H groups in total. The first-order valence-electron chi connectivity index (χ1n) is 19.7. The zero-order valence-corrected chi connectivity index (χ0v) is 40.6. The maximum atomic E-state index is 5.89. The predicted molar refractivity (Wildman–Crippen MR) is 276 cm³/mol. The number of hydrogen-bond donors (Lipinski definition) is 4. The van der Waals surface area contributed by atoms with Crippen molar-refractivity contribution in [1.82, 2.24) is 29.9 Å². The lowest BCUT2D eigenvalue weighted by atomic mass is 10.1. The number of halogens is 6. The molecule has 0 aliphatic rings. The summed E-state index contributed by atoms with van der Waals surface area (Å²) in [6.07, 6.45) is 5.25. The molecule has 0 amide bonds. The summed E-state index contributed by atoms with van der Waals surface area (Å²) in [5, 5.41) is 10.4. The summed E-state index contributed by atoms with van der Waals surface area (Å²) in [4.78, 5) is 21.9. The number of thiophene rings is 1. The minimum Gasteiger partial charge on any atom is -0.360 e. The number of aromatic nitrogens is 6. The highest BCUT2D eigenvalue weighted by molar-refractivity contribution is 7.22. The Morgan fingerprint density at radius 1 is 0.444 bits per heavy atom. The van der Waals surface area contributed by atoms with Crippen LogP contribution in [0, 0.1) is 41.5 Å². The number of benzene rings is 4. The second-order valence-electron chi connectivity index (χ2n) is 14.9. The number of aromatic amines is 4. The first kappa shape index (κ1) is 47.5. The summed E-state index contributed by atoms with van der Waals surface area (Å²) in [6, 6.07) is 37.9. The van der Waals surface area contributed by atoms with Crippen molar-refractivity contribution in [3.63, 3.8) is 0 Å². The van der Waals surface area contributed by atoms with Gasteiger partial charge in [-0.2, -0.15) is 0 Å². The molecule has 0 unspecified atom stereocenters. The molecule has 322 valence electrons. The van der Waals surface area contributed by atoms with E-state index in [1.807, 2.05) is 107 Å². The van der Waals surface area contributed by atoms with Crippen LogP contribution in [-0.2, 0) is 0 Å². The van der Waals surface area contributed by atoms with Crippen LogP contribution in [-0.4, -0.2) is 29.9 Å². The number of fused-ring (bicyclic) bond motifs is 5. The Balaban J connectivity index is 0.000000126. The average molecular weight is 974 g/mol. The maximum Gasteiger partial charge on any atom is 0.137 e. The first-order chi connectivity index (χ1) is 30.1. The largest absolute Gasteiger partial charge is 0.360 e. The fourth-order valence-corrected chi connectivity index (χ4v) is 8.41. The summed E-state index contributed by atoms with van der Waals surface area (Å²) in [5.41, 5.74) is 10.3. The van der Waals surface area contributed by atoms with Crippen LogP contribution >= 0.6 is 80.9 Å². The smallest absolute Gasteiger partial charge is 0.137 e. The molecule has 0 saturated heterocycles. The van der Waals surface area contributed by atoms with Gasteiger partial charge in [0, 0.05) is 83.7 Å². The third-order valence-electron chi connectivity index (χ3n) is 9.34.